The van der Waals surface area contributed by atoms with Gasteiger partial charge in [-0.1, -0.05) is 25.8 Å². The van der Waals surface area contributed by atoms with Crippen molar-refractivity contribution in [3.8, 4) is 5.75 Å². The van der Waals surface area contributed by atoms with Crippen LogP contribution in [0.4, 0.5) is 13.2 Å². The molecule has 0 amide bonds. The van der Waals surface area contributed by atoms with Gasteiger partial charge in [0.1, 0.15) is 5.75 Å². The van der Waals surface area contributed by atoms with Gasteiger partial charge in [0, 0.05) is 0 Å². The first kappa shape index (κ1) is 15.5. The van der Waals surface area contributed by atoms with Crippen molar-refractivity contribution in [2.24, 2.45) is 0 Å². The number of unbranched alkanes of at least 4 members (excludes halogenated alkanes) is 2. The van der Waals surface area contributed by atoms with Crippen LogP contribution in [0.5, 0.6) is 5.75 Å². The summed E-state index contributed by atoms with van der Waals surface area (Å²) in [6.07, 6.45) is -1.28. The Bertz CT molecular complexity index is 439. The molecule has 0 N–H and O–H groups in total. The van der Waals surface area contributed by atoms with E-state index in [2.05, 4.69) is 0 Å². The lowest BCUT2D eigenvalue weighted by molar-refractivity contribution is -0.0886. The summed E-state index contributed by atoms with van der Waals surface area (Å²) in [6.45, 7) is 2.05. The second-order valence-electron chi connectivity index (χ2n) is 4.32. The number of ether oxygens (including phenoxy) is 1. The Kier molecular flexibility index (Phi) is 5.39. The van der Waals surface area contributed by atoms with Crippen molar-refractivity contribution in [2.45, 2.75) is 38.8 Å². The van der Waals surface area contributed by atoms with Gasteiger partial charge in [0.15, 0.2) is 0 Å². The lowest BCUT2D eigenvalue weighted by atomic mass is 10.0. The van der Waals surface area contributed by atoms with Crippen LogP contribution in [0.25, 0.3) is 0 Å². The number of ketones is 1. The van der Waals surface area contributed by atoms with Crippen molar-refractivity contribution in [1.82, 2.24) is 0 Å². The molecule has 106 valence electrons. The Morgan fingerprint density at radius 1 is 1.26 bits per heavy atom. The first-order chi connectivity index (χ1) is 8.90. The molecule has 0 aliphatic rings. The number of halogens is 3. The molecule has 1 aromatic rings. The number of Topliss-reactive ketones (excluding diaryl/α,β-unsaturated/α-hetero) is 1. The Balaban J connectivity index is 3.00. The number of carbonyl (C=O) groups excluding carboxylic acids is 1. The van der Waals surface area contributed by atoms with E-state index in [0.29, 0.717) is 6.42 Å². The number of methoxy groups -OCH3 is 1. The van der Waals surface area contributed by atoms with Crippen molar-refractivity contribution in [2.75, 3.05) is 7.11 Å². The van der Waals surface area contributed by atoms with Gasteiger partial charge in [-0.2, -0.15) is 13.2 Å². The van der Waals surface area contributed by atoms with Crippen LogP contribution in [-0.2, 0) is 6.42 Å². The second-order valence-corrected chi connectivity index (χ2v) is 4.32. The van der Waals surface area contributed by atoms with Crippen LogP contribution in [0.1, 0.15) is 42.1 Å². The highest BCUT2D eigenvalue weighted by Crippen LogP contribution is 2.28. The molecule has 0 saturated heterocycles. The Hall–Kier alpha value is -1.52. The van der Waals surface area contributed by atoms with Crippen LogP contribution < -0.4 is 4.74 Å². The molecule has 0 unspecified atom stereocenters. The van der Waals surface area contributed by atoms with E-state index in [-0.39, 0.29) is 5.75 Å². The lowest BCUT2D eigenvalue weighted by Gasteiger charge is -2.11. The molecule has 0 heterocycles. The quantitative estimate of drug-likeness (QED) is 0.574. The van der Waals surface area contributed by atoms with Gasteiger partial charge in [-0.15, -0.1) is 0 Å². The van der Waals surface area contributed by atoms with Gasteiger partial charge in [0.2, 0.25) is 0 Å². The first-order valence-corrected chi connectivity index (χ1v) is 6.18. The summed E-state index contributed by atoms with van der Waals surface area (Å²) in [6, 6.07) is 4.40. The normalized spacial score (nSPS) is 11.4. The summed E-state index contributed by atoms with van der Waals surface area (Å²) in [5, 5.41) is 0. The van der Waals surface area contributed by atoms with E-state index in [9.17, 15) is 18.0 Å². The Morgan fingerprint density at radius 2 is 1.95 bits per heavy atom. The minimum atomic E-state index is -4.88. The summed E-state index contributed by atoms with van der Waals surface area (Å²) in [7, 11) is 1.25. The maximum Gasteiger partial charge on any atom is 0.455 e. The minimum absolute atomic E-state index is 0.0402. The fraction of sp³-hybridized carbons (Fsp3) is 0.500. The third-order valence-corrected chi connectivity index (χ3v) is 2.83. The smallest absolute Gasteiger partial charge is 0.455 e. The van der Waals surface area contributed by atoms with Crippen molar-refractivity contribution >= 4 is 5.78 Å². The molecule has 0 atom stereocenters. The summed E-state index contributed by atoms with van der Waals surface area (Å²) in [5.41, 5.74) is 0.311. The molecular weight excluding hydrogens is 257 g/mol. The molecule has 0 radical (unpaired) electrons. The van der Waals surface area contributed by atoms with Crippen LogP contribution in [0.2, 0.25) is 0 Å². The standard InChI is InChI=1S/C14H17F3O2/c1-3-4-5-6-10-7-8-12(19-2)11(9-10)13(18)14(15,16)17/h7-9H,3-6H2,1-2H3. The molecule has 1 aromatic carbocycles. The number of carbonyl (C=O) groups is 1. The fourth-order valence-electron chi connectivity index (χ4n) is 1.82. The van der Waals surface area contributed by atoms with Crippen molar-refractivity contribution in [1.29, 1.82) is 0 Å². The second kappa shape index (κ2) is 6.59. The number of alkyl halides is 3. The summed E-state index contributed by atoms with van der Waals surface area (Å²) in [5.74, 6) is -1.90. The number of benzene rings is 1. The molecule has 0 bridgehead atoms. The van der Waals surface area contributed by atoms with Crippen molar-refractivity contribution < 1.29 is 22.7 Å². The van der Waals surface area contributed by atoms with E-state index in [1.807, 2.05) is 6.92 Å². The molecule has 0 aliphatic carbocycles. The van der Waals surface area contributed by atoms with Crippen molar-refractivity contribution in [3.05, 3.63) is 29.3 Å². The predicted octanol–water partition coefficient (Wildman–Crippen LogP) is 4.17. The highest BCUT2D eigenvalue weighted by atomic mass is 19.4. The lowest BCUT2D eigenvalue weighted by Crippen LogP contribution is -2.23. The molecular formula is C14H17F3O2. The van der Waals surface area contributed by atoms with Crippen molar-refractivity contribution in [3.63, 3.8) is 0 Å². The average molecular weight is 274 g/mol. The fourth-order valence-corrected chi connectivity index (χ4v) is 1.82. The third kappa shape index (κ3) is 4.26. The van der Waals surface area contributed by atoms with Gasteiger partial charge in [-0.05, 0) is 30.5 Å². The van der Waals surface area contributed by atoms with Gasteiger partial charge in [0.25, 0.3) is 5.78 Å². The van der Waals surface area contributed by atoms with E-state index in [4.69, 9.17) is 4.74 Å². The maximum atomic E-state index is 12.5. The Labute approximate surface area is 110 Å². The highest BCUT2D eigenvalue weighted by Gasteiger charge is 2.40. The van der Waals surface area contributed by atoms with Gasteiger partial charge in [-0.25, -0.2) is 0 Å². The molecule has 0 aliphatic heterocycles. The number of hydrogen-bond donors (Lipinski definition) is 0. The number of hydrogen-bond acceptors (Lipinski definition) is 2. The minimum Gasteiger partial charge on any atom is -0.496 e. The van der Waals surface area contributed by atoms with Crippen LogP contribution in [0.15, 0.2) is 18.2 Å². The SMILES string of the molecule is CCCCCc1ccc(OC)c(C(=O)C(F)(F)F)c1. The van der Waals surface area contributed by atoms with E-state index in [1.54, 1.807) is 6.07 Å². The monoisotopic (exact) mass is 274 g/mol. The zero-order valence-electron chi connectivity index (χ0n) is 11.0. The molecule has 0 fully saturated rings. The molecule has 0 spiro atoms. The average Bonchev–Trinajstić information content (AvgIpc) is 2.37. The topological polar surface area (TPSA) is 26.3 Å². The van der Waals surface area contributed by atoms with E-state index >= 15 is 0 Å². The maximum absolute atomic E-state index is 12.5. The first-order valence-electron chi connectivity index (χ1n) is 6.18. The van der Waals surface area contributed by atoms with Crippen LogP contribution in [0, 0.1) is 0 Å². The summed E-state index contributed by atoms with van der Waals surface area (Å²) >= 11 is 0. The number of aryl methyl sites for hydroxylation is 1. The van der Waals surface area contributed by atoms with Crippen LogP contribution in [-0.4, -0.2) is 19.1 Å². The van der Waals surface area contributed by atoms with Gasteiger partial charge >= 0.3 is 6.18 Å². The zero-order chi connectivity index (χ0) is 14.5. The van der Waals surface area contributed by atoms with E-state index in [1.165, 1.54) is 19.2 Å². The zero-order valence-corrected chi connectivity index (χ0v) is 11.0. The molecule has 0 saturated carbocycles. The molecule has 2 nitrogen and oxygen atoms in total. The molecule has 0 aromatic heterocycles. The highest BCUT2D eigenvalue weighted by molar-refractivity contribution is 6.02. The van der Waals surface area contributed by atoms with Crippen LogP contribution >= 0.6 is 0 Å². The number of rotatable bonds is 6. The van der Waals surface area contributed by atoms with Gasteiger partial charge in [0.05, 0.1) is 12.7 Å². The Morgan fingerprint density at radius 3 is 2.47 bits per heavy atom. The molecule has 19 heavy (non-hydrogen) atoms. The largest absolute Gasteiger partial charge is 0.496 e. The predicted molar refractivity (Wildman–Crippen MR) is 66.6 cm³/mol. The summed E-state index contributed by atoms with van der Waals surface area (Å²) < 4.78 is 42.3. The molecule has 5 heteroatoms. The van der Waals surface area contributed by atoms with E-state index in [0.717, 1.165) is 24.8 Å². The third-order valence-electron chi connectivity index (χ3n) is 2.83. The van der Waals surface area contributed by atoms with Gasteiger partial charge < -0.3 is 4.74 Å². The van der Waals surface area contributed by atoms with E-state index < -0.39 is 17.5 Å². The van der Waals surface area contributed by atoms with Crippen LogP contribution in [0.3, 0.4) is 0 Å². The van der Waals surface area contributed by atoms with Gasteiger partial charge in [-0.3, -0.25) is 4.79 Å². The molecule has 1 rings (SSSR count). The summed E-state index contributed by atoms with van der Waals surface area (Å²) in [4.78, 5) is 11.3.